The molecule has 0 saturated heterocycles. The molecule has 0 N–H and O–H groups in total. The maximum atomic E-state index is 5.44. The molecule has 0 aliphatic carbocycles. The highest BCUT2D eigenvalue weighted by Crippen LogP contribution is 2.16. The van der Waals surface area contributed by atoms with Crippen molar-refractivity contribution >= 4 is 17.9 Å². The third-order valence-electron chi connectivity index (χ3n) is 1.93. The zero-order chi connectivity index (χ0) is 11.9. The first kappa shape index (κ1) is 14.7. The van der Waals surface area contributed by atoms with E-state index in [0.29, 0.717) is 0 Å². The average Bonchev–Trinajstić information content (AvgIpc) is 2.30. The van der Waals surface area contributed by atoms with Crippen LogP contribution in [0.4, 0.5) is 0 Å². The summed E-state index contributed by atoms with van der Waals surface area (Å²) in [5, 5.41) is 0. The van der Waals surface area contributed by atoms with Crippen molar-refractivity contribution in [2.75, 3.05) is 28.4 Å². The summed E-state index contributed by atoms with van der Waals surface area (Å²) in [5.41, 5.74) is 3.40. The van der Waals surface area contributed by atoms with Crippen molar-refractivity contribution in [3.63, 3.8) is 0 Å². The molecule has 1 radical (unpaired) electrons. The van der Waals surface area contributed by atoms with E-state index in [-0.39, 0.29) is 0 Å². The Labute approximate surface area is 94.0 Å². The van der Waals surface area contributed by atoms with Crippen LogP contribution >= 0.6 is 0 Å². The molecule has 0 amide bonds. The molecule has 0 aliphatic heterocycles. The van der Waals surface area contributed by atoms with Gasteiger partial charge in [-0.1, -0.05) is 11.4 Å². The molecular weight excluding hydrogens is 230 g/mol. The molecule has 0 fully saturated rings. The fourth-order valence-corrected chi connectivity index (χ4v) is 5.55. The van der Waals surface area contributed by atoms with Crippen molar-refractivity contribution in [2.45, 2.75) is 0 Å². The normalized spacial score (nSPS) is 12.1. The van der Waals surface area contributed by atoms with E-state index in [2.05, 4.69) is 13.2 Å². The minimum absolute atomic E-state index is 1.54. The Kier molecular flexibility index (Phi) is 6.93. The van der Waals surface area contributed by atoms with Crippen LogP contribution in [0, 0.1) is 0 Å². The SMILES string of the molecule is C=C[Si](C=C)(OC)N(OC)[Si](OC)OC. The Bertz CT molecular complexity index is 203. The lowest BCUT2D eigenvalue weighted by atomic mass is 11.2. The first-order chi connectivity index (χ1) is 7.15. The van der Waals surface area contributed by atoms with Crippen LogP contribution in [0.1, 0.15) is 0 Å². The Morgan fingerprint density at radius 1 is 1.07 bits per heavy atom. The smallest absolute Gasteiger partial charge is 0.400 e. The van der Waals surface area contributed by atoms with Gasteiger partial charge in [-0.05, 0) is 0 Å². The second kappa shape index (κ2) is 7.06. The van der Waals surface area contributed by atoms with Crippen LogP contribution in [0.3, 0.4) is 0 Å². The van der Waals surface area contributed by atoms with Gasteiger partial charge in [-0.25, -0.2) is 0 Å². The molecule has 0 atom stereocenters. The van der Waals surface area contributed by atoms with Crippen LogP contribution in [0.2, 0.25) is 0 Å². The second-order valence-corrected chi connectivity index (χ2v) is 7.85. The van der Waals surface area contributed by atoms with Gasteiger partial charge >= 0.3 is 17.9 Å². The summed E-state index contributed by atoms with van der Waals surface area (Å²) in [4.78, 5) is 5.26. The predicted octanol–water partition coefficient (Wildman–Crippen LogP) is 0.666. The van der Waals surface area contributed by atoms with Crippen LogP contribution in [0.25, 0.3) is 0 Å². The summed E-state index contributed by atoms with van der Waals surface area (Å²) >= 11 is 0. The molecule has 0 heterocycles. The molecule has 0 aromatic rings. The molecular formula is C8H18NO4Si2. The van der Waals surface area contributed by atoms with Crippen LogP contribution < -0.4 is 0 Å². The van der Waals surface area contributed by atoms with Crippen molar-refractivity contribution in [3.8, 4) is 0 Å². The highest BCUT2D eigenvalue weighted by molar-refractivity contribution is 6.85. The number of rotatable bonds is 8. The summed E-state index contributed by atoms with van der Waals surface area (Å²) in [6.07, 6.45) is 0. The van der Waals surface area contributed by atoms with Crippen molar-refractivity contribution in [2.24, 2.45) is 0 Å². The van der Waals surface area contributed by atoms with E-state index in [1.807, 2.05) is 0 Å². The van der Waals surface area contributed by atoms with Gasteiger partial charge < -0.3 is 18.1 Å². The van der Waals surface area contributed by atoms with Gasteiger partial charge in [0.15, 0.2) is 0 Å². The van der Waals surface area contributed by atoms with Gasteiger partial charge in [-0.15, -0.1) is 17.6 Å². The fraction of sp³-hybridized carbons (Fsp3) is 0.500. The summed E-state index contributed by atoms with van der Waals surface area (Å²) < 4.78 is 17.4. The van der Waals surface area contributed by atoms with E-state index in [4.69, 9.17) is 18.1 Å². The number of nitrogens with zero attached hydrogens (tertiary/aromatic N) is 1. The van der Waals surface area contributed by atoms with E-state index < -0.39 is 17.9 Å². The largest absolute Gasteiger partial charge is 0.511 e. The lowest BCUT2D eigenvalue weighted by Gasteiger charge is -2.34. The second-order valence-electron chi connectivity index (χ2n) is 2.52. The van der Waals surface area contributed by atoms with Gasteiger partial charge in [0.05, 0.1) is 7.11 Å². The van der Waals surface area contributed by atoms with Crippen LogP contribution in [-0.4, -0.2) is 50.8 Å². The topological polar surface area (TPSA) is 40.2 Å². The monoisotopic (exact) mass is 248 g/mol. The Morgan fingerprint density at radius 3 is 1.73 bits per heavy atom. The third kappa shape index (κ3) is 3.08. The Hall–Kier alpha value is -0.286. The summed E-state index contributed by atoms with van der Waals surface area (Å²) in [7, 11) is 2.03. The zero-order valence-electron chi connectivity index (χ0n) is 9.65. The molecule has 0 saturated carbocycles. The van der Waals surface area contributed by atoms with Crippen LogP contribution in [0.15, 0.2) is 24.6 Å². The molecule has 0 spiro atoms. The number of hydrogen-bond donors (Lipinski definition) is 0. The lowest BCUT2D eigenvalue weighted by molar-refractivity contribution is -0.0378. The van der Waals surface area contributed by atoms with E-state index in [1.54, 1.807) is 37.1 Å². The fourth-order valence-electron chi connectivity index (χ4n) is 1.11. The molecule has 0 aliphatic rings. The lowest BCUT2D eigenvalue weighted by Crippen LogP contribution is -2.60. The molecule has 0 bridgehead atoms. The van der Waals surface area contributed by atoms with Gasteiger partial charge in [-0.2, -0.15) is 0 Å². The molecule has 5 nitrogen and oxygen atoms in total. The van der Waals surface area contributed by atoms with E-state index >= 15 is 0 Å². The Morgan fingerprint density at radius 2 is 1.53 bits per heavy atom. The summed E-state index contributed by atoms with van der Waals surface area (Å²) in [5.74, 6) is 0. The molecule has 15 heavy (non-hydrogen) atoms. The maximum Gasteiger partial charge on any atom is 0.511 e. The summed E-state index contributed by atoms with van der Waals surface area (Å²) in [6, 6.07) is 0. The molecule has 0 aromatic carbocycles. The molecule has 87 valence electrons. The quantitative estimate of drug-likeness (QED) is 0.466. The van der Waals surface area contributed by atoms with Gasteiger partial charge in [0.2, 0.25) is 0 Å². The minimum atomic E-state index is -2.52. The molecule has 0 unspecified atom stereocenters. The predicted molar refractivity (Wildman–Crippen MR) is 61.8 cm³/mol. The summed E-state index contributed by atoms with van der Waals surface area (Å²) in [6.45, 7) is 7.49. The molecule has 0 aromatic heterocycles. The van der Waals surface area contributed by atoms with Crippen molar-refractivity contribution < 1.29 is 18.1 Å². The maximum absolute atomic E-state index is 5.44. The van der Waals surface area contributed by atoms with Crippen molar-refractivity contribution in [1.29, 1.82) is 0 Å². The van der Waals surface area contributed by atoms with Crippen molar-refractivity contribution in [3.05, 3.63) is 24.6 Å². The first-order valence-electron chi connectivity index (χ1n) is 4.27. The highest BCUT2D eigenvalue weighted by atomic mass is 28.4. The van der Waals surface area contributed by atoms with Gasteiger partial charge in [0.1, 0.15) is 0 Å². The van der Waals surface area contributed by atoms with Crippen LogP contribution in [0.5, 0.6) is 0 Å². The van der Waals surface area contributed by atoms with E-state index in [1.165, 1.54) is 7.11 Å². The standard InChI is InChI=1S/C8H18NO4Si2/c1-7-15(8-2,13-6)9(10-3)14(11-4)12-5/h7-8H,1-2H2,3-6H3. The molecule has 0 rings (SSSR count). The first-order valence-corrected chi connectivity index (χ1v) is 7.54. The number of hydrogen-bond acceptors (Lipinski definition) is 5. The van der Waals surface area contributed by atoms with Crippen molar-refractivity contribution in [1.82, 2.24) is 4.39 Å². The van der Waals surface area contributed by atoms with Gasteiger partial charge in [0, 0.05) is 21.3 Å². The molecule has 7 heteroatoms. The third-order valence-corrected chi connectivity index (χ3v) is 7.38. The zero-order valence-corrected chi connectivity index (χ0v) is 11.6. The van der Waals surface area contributed by atoms with Gasteiger partial charge in [-0.3, -0.25) is 0 Å². The Balaban J connectivity index is 5.03. The van der Waals surface area contributed by atoms with Crippen LogP contribution in [-0.2, 0) is 18.1 Å². The van der Waals surface area contributed by atoms with E-state index in [9.17, 15) is 0 Å². The highest BCUT2D eigenvalue weighted by Gasteiger charge is 2.44. The van der Waals surface area contributed by atoms with E-state index in [0.717, 1.165) is 0 Å². The minimum Gasteiger partial charge on any atom is -0.400 e. The van der Waals surface area contributed by atoms with Gasteiger partial charge in [0.25, 0.3) is 0 Å². The average molecular weight is 248 g/mol.